The molecule has 4 amide bonds. The van der Waals surface area contributed by atoms with Gasteiger partial charge in [0.15, 0.2) is 0 Å². The maximum absolute atomic E-state index is 15.5. The molecule has 3 fully saturated rings. The smallest absolute Gasteiger partial charge is 0.274 e. The van der Waals surface area contributed by atoms with Gasteiger partial charge in [0.05, 0.1) is 11.7 Å². The Hall–Kier alpha value is -4.02. The van der Waals surface area contributed by atoms with E-state index in [9.17, 15) is 19.2 Å². The third kappa shape index (κ3) is 6.35. The molecule has 0 saturated heterocycles. The SMILES string of the molecule is CC(=O)N[C@@H](C(=O)N[C@@H]1CCc2cc(NC(=O)C(NC(=O)c3ccnn3C(C)C)=C(C3CC3)C3CC3)c(F)cc21)C1CC1. The fourth-order valence-electron chi connectivity index (χ4n) is 6.24. The first-order valence-electron chi connectivity index (χ1n) is 15.4. The molecular formula is C32H39FN6O4. The maximum atomic E-state index is 15.5. The average Bonchev–Trinajstić information content (AvgIpc) is 3.86. The molecule has 11 heteroatoms. The second-order valence-electron chi connectivity index (χ2n) is 12.7. The third-order valence-corrected chi connectivity index (χ3v) is 8.79. The minimum Gasteiger partial charge on any atom is -0.347 e. The first-order valence-corrected chi connectivity index (χ1v) is 15.4. The van der Waals surface area contributed by atoms with Gasteiger partial charge in [0.2, 0.25) is 11.8 Å². The predicted molar refractivity (Wildman–Crippen MR) is 157 cm³/mol. The molecule has 0 spiro atoms. The summed E-state index contributed by atoms with van der Waals surface area (Å²) in [5.41, 5.74) is 3.06. The van der Waals surface area contributed by atoms with Crippen LogP contribution in [0.4, 0.5) is 10.1 Å². The Morgan fingerprint density at radius 3 is 2.30 bits per heavy atom. The number of aromatic nitrogens is 2. The van der Waals surface area contributed by atoms with Gasteiger partial charge in [-0.05, 0) is 118 Å². The summed E-state index contributed by atoms with van der Waals surface area (Å²) in [6.07, 6.45) is 8.39. The number of amides is 4. The molecule has 6 rings (SSSR count). The van der Waals surface area contributed by atoms with Gasteiger partial charge < -0.3 is 21.3 Å². The number of carbonyl (C=O) groups is 4. The summed E-state index contributed by atoms with van der Waals surface area (Å²) in [6, 6.07) is 3.62. The van der Waals surface area contributed by atoms with Crippen LogP contribution < -0.4 is 21.3 Å². The molecule has 0 unspecified atom stereocenters. The van der Waals surface area contributed by atoms with Gasteiger partial charge in [0.1, 0.15) is 23.3 Å². The van der Waals surface area contributed by atoms with Crippen molar-refractivity contribution in [1.29, 1.82) is 0 Å². The molecule has 43 heavy (non-hydrogen) atoms. The minimum absolute atomic E-state index is 0.0368. The zero-order chi connectivity index (χ0) is 30.4. The number of fused-ring (bicyclic) bond motifs is 1. The van der Waals surface area contributed by atoms with Crippen LogP contribution in [0.15, 0.2) is 35.7 Å². The molecule has 4 aliphatic rings. The lowest BCUT2D eigenvalue weighted by Crippen LogP contribution is -2.48. The predicted octanol–water partition coefficient (Wildman–Crippen LogP) is 4.06. The second kappa shape index (κ2) is 11.6. The highest BCUT2D eigenvalue weighted by molar-refractivity contribution is 6.08. The van der Waals surface area contributed by atoms with E-state index in [2.05, 4.69) is 26.4 Å². The molecule has 2 atom stereocenters. The van der Waals surface area contributed by atoms with E-state index in [0.29, 0.717) is 24.1 Å². The first-order chi connectivity index (χ1) is 20.6. The lowest BCUT2D eigenvalue weighted by molar-refractivity contribution is -0.129. The van der Waals surface area contributed by atoms with Crippen molar-refractivity contribution >= 4 is 29.3 Å². The molecule has 1 aromatic carbocycles. The van der Waals surface area contributed by atoms with Crippen molar-refractivity contribution in [3.8, 4) is 0 Å². The third-order valence-electron chi connectivity index (χ3n) is 8.79. The number of benzene rings is 1. The molecule has 3 saturated carbocycles. The molecule has 0 bridgehead atoms. The quantitative estimate of drug-likeness (QED) is 0.293. The highest BCUT2D eigenvalue weighted by Crippen LogP contribution is 2.50. The van der Waals surface area contributed by atoms with Crippen LogP contribution in [0.25, 0.3) is 0 Å². The molecule has 0 radical (unpaired) electrons. The number of halogens is 1. The van der Waals surface area contributed by atoms with E-state index in [1.807, 2.05) is 13.8 Å². The summed E-state index contributed by atoms with van der Waals surface area (Å²) in [6.45, 7) is 5.24. The molecular weight excluding hydrogens is 551 g/mol. The number of anilines is 1. The Labute approximate surface area is 250 Å². The van der Waals surface area contributed by atoms with Crippen LogP contribution in [-0.4, -0.2) is 39.5 Å². The normalized spacial score (nSPS) is 19.8. The van der Waals surface area contributed by atoms with Crippen LogP contribution in [0.2, 0.25) is 0 Å². The molecule has 10 nitrogen and oxygen atoms in total. The molecule has 0 aliphatic heterocycles. The average molecular weight is 591 g/mol. The van der Waals surface area contributed by atoms with Crippen molar-refractivity contribution in [2.75, 3.05) is 5.32 Å². The number of hydrogen-bond donors (Lipinski definition) is 4. The van der Waals surface area contributed by atoms with E-state index in [4.69, 9.17) is 0 Å². The van der Waals surface area contributed by atoms with E-state index in [1.165, 1.54) is 13.0 Å². The monoisotopic (exact) mass is 590 g/mol. The van der Waals surface area contributed by atoms with Crippen LogP contribution in [0.5, 0.6) is 0 Å². The van der Waals surface area contributed by atoms with Gasteiger partial charge in [-0.2, -0.15) is 5.10 Å². The molecule has 1 heterocycles. The van der Waals surface area contributed by atoms with Crippen molar-refractivity contribution in [3.05, 3.63) is 58.3 Å². The van der Waals surface area contributed by atoms with Crippen LogP contribution >= 0.6 is 0 Å². The van der Waals surface area contributed by atoms with Gasteiger partial charge in [-0.3, -0.25) is 23.9 Å². The first kappa shape index (κ1) is 29.1. The second-order valence-corrected chi connectivity index (χ2v) is 12.7. The Morgan fingerprint density at radius 2 is 1.70 bits per heavy atom. The van der Waals surface area contributed by atoms with Crippen LogP contribution in [0.1, 0.15) is 99.4 Å². The largest absolute Gasteiger partial charge is 0.347 e. The van der Waals surface area contributed by atoms with Gasteiger partial charge >= 0.3 is 0 Å². The number of rotatable bonds is 11. The van der Waals surface area contributed by atoms with Crippen molar-refractivity contribution < 1.29 is 23.6 Å². The molecule has 1 aromatic heterocycles. The van der Waals surface area contributed by atoms with E-state index in [0.717, 1.165) is 49.7 Å². The Kier molecular flexibility index (Phi) is 7.83. The van der Waals surface area contributed by atoms with E-state index in [1.54, 1.807) is 23.0 Å². The Bertz CT molecular complexity index is 1490. The minimum atomic E-state index is -0.614. The molecule has 2 aromatic rings. The summed E-state index contributed by atoms with van der Waals surface area (Å²) in [7, 11) is 0. The fraction of sp³-hybridized carbons (Fsp3) is 0.531. The standard InChI is InChI=1S/C32H39FN6O4/c1-16(2)39-26(12-13-34-39)30(41)38-29(27(18-4-5-18)19-6-7-19)32(43)37-25-14-21-10-11-24(22(21)15-23(25)33)36-31(42)28(20-8-9-20)35-17(3)40/h12-16,18-20,24,28H,4-11H2,1-3H3,(H,35,40)(H,36,42)(H,37,43)(H,38,41)/t24-,28-/m1/s1. The number of aryl methyl sites for hydroxylation is 1. The summed E-state index contributed by atoms with van der Waals surface area (Å²) in [4.78, 5) is 51.8. The molecule has 228 valence electrons. The Balaban J connectivity index is 1.21. The Morgan fingerprint density at radius 1 is 1.00 bits per heavy atom. The molecule has 4 N–H and O–H groups in total. The lowest BCUT2D eigenvalue weighted by atomic mass is 10.0. The van der Waals surface area contributed by atoms with Crippen molar-refractivity contribution in [3.63, 3.8) is 0 Å². The van der Waals surface area contributed by atoms with Crippen LogP contribution in [0, 0.1) is 23.6 Å². The number of nitrogens with one attached hydrogen (secondary N) is 4. The highest BCUT2D eigenvalue weighted by atomic mass is 19.1. The van der Waals surface area contributed by atoms with E-state index < -0.39 is 23.7 Å². The van der Waals surface area contributed by atoms with Crippen molar-refractivity contribution in [2.45, 2.75) is 90.3 Å². The van der Waals surface area contributed by atoms with Crippen LogP contribution in [-0.2, 0) is 20.8 Å². The van der Waals surface area contributed by atoms with Crippen molar-refractivity contribution in [1.82, 2.24) is 25.7 Å². The highest BCUT2D eigenvalue weighted by Gasteiger charge is 2.41. The summed E-state index contributed by atoms with van der Waals surface area (Å²) >= 11 is 0. The van der Waals surface area contributed by atoms with Gasteiger partial charge in [-0.25, -0.2) is 4.39 Å². The fourth-order valence-corrected chi connectivity index (χ4v) is 6.24. The number of hydrogen-bond acceptors (Lipinski definition) is 5. The van der Waals surface area contributed by atoms with Crippen molar-refractivity contribution in [2.24, 2.45) is 17.8 Å². The van der Waals surface area contributed by atoms with Crippen LogP contribution in [0.3, 0.4) is 0 Å². The zero-order valence-electron chi connectivity index (χ0n) is 24.8. The lowest BCUT2D eigenvalue weighted by Gasteiger charge is -2.21. The van der Waals surface area contributed by atoms with E-state index in [-0.39, 0.29) is 53.0 Å². The topological polar surface area (TPSA) is 134 Å². The van der Waals surface area contributed by atoms with Gasteiger partial charge in [-0.15, -0.1) is 0 Å². The maximum Gasteiger partial charge on any atom is 0.274 e. The van der Waals surface area contributed by atoms with Gasteiger partial charge in [0.25, 0.3) is 11.8 Å². The van der Waals surface area contributed by atoms with E-state index >= 15 is 4.39 Å². The number of carbonyl (C=O) groups excluding carboxylic acids is 4. The summed E-state index contributed by atoms with van der Waals surface area (Å²) < 4.78 is 17.1. The number of nitrogens with zero attached hydrogens (tertiary/aromatic N) is 2. The number of allylic oxidation sites excluding steroid dienone is 1. The summed E-state index contributed by atoms with van der Waals surface area (Å²) in [5.74, 6) is -1.48. The van der Waals surface area contributed by atoms with Gasteiger partial charge in [0, 0.05) is 19.2 Å². The van der Waals surface area contributed by atoms with Gasteiger partial charge in [-0.1, -0.05) is 0 Å². The summed E-state index contributed by atoms with van der Waals surface area (Å²) in [5, 5.41) is 15.6. The molecule has 4 aliphatic carbocycles. The zero-order valence-corrected chi connectivity index (χ0v) is 24.8.